The molecule has 0 aromatic carbocycles. The molecule has 0 aromatic rings. The van der Waals surface area contributed by atoms with Crippen molar-refractivity contribution in [2.75, 3.05) is 26.3 Å². The summed E-state index contributed by atoms with van der Waals surface area (Å²) in [6, 6.07) is 0. The highest BCUT2D eigenvalue weighted by Crippen LogP contribution is 2.32. The molecule has 0 rings (SSSR count). The third kappa shape index (κ3) is 9.45. The van der Waals surface area contributed by atoms with E-state index in [2.05, 4.69) is 33.0 Å². The van der Waals surface area contributed by atoms with E-state index in [0.717, 1.165) is 26.3 Å². The summed E-state index contributed by atoms with van der Waals surface area (Å²) in [6.45, 7) is 13.3. The van der Waals surface area contributed by atoms with Crippen LogP contribution in [-0.2, 0) is 4.74 Å². The SMILES string of the molecule is CCCCOCCC(CC)(CCCC)CNCCC. The molecule has 0 aliphatic rings. The Balaban J connectivity index is 4.11. The van der Waals surface area contributed by atoms with Gasteiger partial charge in [0.25, 0.3) is 0 Å². The van der Waals surface area contributed by atoms with Crippen molar-refractivity contribution in [3.05, 3.63) is 0 Å². The van der Waals surface area contributed by atoms with Crippen molar-refractivity contribution in [3.8, 4) is 0 Å². The van der Waals surface area contributed by atoms with E-state index in [-0.39, 0.29) is 0 Å². The molecule has 2 nitrogen and oxygen atoms in total. The van der Waals surface area contributed by atoms with E-state index in [4.69, 9.17) is 4.74 Å². The predicted octanol–water partition coefficient (Wildman–Crippen LogP) is 4.78. The highest BCUT2D eigenvalue weighted by molar-refractivity contribution is 4.80. The van der Waals surface area contributed by atoms with Gasteiger partial charge >= 0.3 is 0 Å². The maximum atomic E-state index is 5.79. The van der Waals surface area contributed by atoms with E-state index in [0.29, 0.717) is 5.41 Å². The lowest BCUT2D eigenvalue weighted by Crippen LogP contribution is -2.35. The van der Waals surface area contributed by atoms with Gasteiger partial charge in [-0.25, -0.2) is 0 Å². The summed E-state index contributed by atoms with van der Waals surface area (Å²) >= 11 is 0. The second kappa shape index (κ2) is 12.9. The molecule has 1 unspecified atom stereocenters. The van der Waals surface area contributed by atoms with E-state index < -0.39 is 0 Å². The highest BCUT2D eigenvalue weighted by Gasteiger charge is 2.26. The first kappa shape index (κ1) is 18.9. The molecule has 0 saturated heterocycles. The van der Waals surface area contributed by atoms with Crippen LogP contribution in [0.2, 0.25) is 0 Å². The Bertz CT molecular complexity index is 184. The number of hydrogen-bond donors (Lipinski definition) is 1. The van der Waals surface area contributed by atoms with E-state index in [1.165, 1.54) is 51.4 Å². The van der Waals surface area contributed by atoms with E-state index in [1.54, 1.807) is 0 Å². The van der Waals surface area contributed by atoms with Crippen molar-refractivity contribution >= 4 is 0 Å². The molecule has 0 radical (unpaired) electrons. The number of ether oxygens (including phenoxy) is 1. The van der Waals surface area contributed by atoms with Crippen LogP contribution in [0.3, 0.4) is 0 Å². The van der Waals surface area contributed by atoms with Gasteiger partial charge in [-0.05, 0) is 44.1 Å². The number of nitrogens with one attached hydrogen (secondary N) is 1. The molecule has 0 aliphatic carbocycles. The predicted molar refractivity (Wildman–Crippen MR) is 85.8 cm³/mol. The van der Waals surface area contributed by atoms with Gasteiger partial charge in [-0.1, -0.05) is 47.0 Å². The second-order valence-electron chi connectivity index (χ2n) is 5.85. The van der Waals surface area contributed by atoms with Crippen LogP contribution < -0.4 is 5.32 Å². The van der Waals surface area contributed by atoms with Gasteiger partial charge in [0.2, 0.25) is 0 Å². The van der Waals surface area contributed by atoms with E-state index in [9.17, 15) is 0 Å². The van der Waals surface area contributed by atoms with Crippen LogP contribution >= 0.6 is 0 Å². The standard InChI is InChI=1S/C17H37NO/c1-5-9-11-17(8-4,16-18-13-7-3)12-15-19-14-10-6-2/h18H,5-16H2,1-4H3. The summed E-state index contributed by atoms with van der Waals surface area (Å²) in [5.74, 6) is 0. The molecule has 0 fully saturated rings. The monoisotopic (exact) mass is 271 g/mol. The van der Waals surface area contributed by atoms with Crippen LogP contribution in [-0.4, -0.2) is 26.3 Å². The molecule has 2 heteroatoms. The van der Waals surface area contributed by atoms with Gasteiger partial charge in [-0.3, -0.25) is 0 Å². The Kier molecular flexibility index (Phi) is 12.9. The van der Waals surface area contributed by atoms with Crippen molar-refractivity contribution in [1.29, 1.82) is 0 Å². The van der Waals surface area contributed by atoms with Crippen LogP contribution in [0.5, 0.6) is 0 Å². The maximum Gasteiger partial charge on any atom is 0.0471 e. The first-order chi connectivity index (χ1) is 9.24. The van der Waals surface area contributed by atoms with E-state index >= 15 is 0 Å². The quantitative estimate of drug-likeness (QED) is 0.459. The summed E-state index contributed by atoms with van der Waals surface area (Å²) in [4.78, 5) is 0. The van der Waals surface area contributed by atoms with Crippen LogP contribution in [0.25, 0.3) is 0 Å². The second-order valence-corrected chi connectivity index (χ2v) is 5.85. The lowest BCUT2D eigenvalue weighted by atomic mass is 9.77. The Morgan fingerprint density at radius 2 is 1.58 bits per heavy atom. The fourth-order valence-electron chi connectivity index (χ4n) is 2.50. The average molecular weight is 271 g/mol. The summed E-state index contributed by atoms with van der Waals surface area (Å²) in [6.07, 6.45) is 10.1. The molecule has 1 N–H and O–H groups in total. The largest absolute Gasteiger partial charge is 0.381 e. The minimum atomic E-state index is 0.456. The normalized spacial score (nSPS) is 14.5. The molecular weight excluding hydrogens is 234 g/mol. The number of unbranched alkanes of at least 4 members (excludes halogenated alkanes) is 2. The average Bonchev–Trinajstić information content (AvgIpc) is 2.44. The lowest BCUT2D eigenvalue weighted by molar-refractivity contribution is 0.0831. The van der Waals surface area contributed by atoms with Crippen molar-refractivity contribution < 1.29 is 4.74 Å². The molecule has 19 heavy (non-hydrogen) atoms. The van der Waals surface area contributed by atoms with E-state index in [1.807, 2.05) is 0 Å². The molecule has 0 aromatic heterocycles. The van der Waals surface area contributed by atoms with Gasteiger partial charge in [0, 0.05) is 19.8 Å². The molecule has 0 amide bonds. The minimum Gasteiger partial charge on any atom is -0.381 e. The molecule has 1 atom stereocenters. The first-order valence-corrected chi connectivity index (χ1v) is 8.53. The summed E-state index contributed by atoms with van der Waals surface area (Å²) < 4.78 is 5.79. The Labute approximate surface area is 121 Å². The third-order valence-corrected chi connectivity index (χ3v) is 4.16. The first-order valence-electron chi connectivity index (χ1n) is 8.53. The zero-order valence-electron chi connectivity index (χ0n) is 13.9. The topological polar surface area (TPSA) is 21.3 Å². The Morgan fingerprint density at radius 1 is 0.842 bits per heavy atom. The van der Waals surface area contributed by atoms with Crippen LogP contribution in [0.15, 0.2) is 0 Å². The van der Waals surface area contributed by atoms with Crippen molar-refractivity contribution in [2.45, 2.75) is 79.1 Å². The Hall–Kier alpha value is -0.0800. The van der Waals surface area contributed by atoms with Gasteiger partial charge in [0.05, 0.1) is 0 Å². The molecular formula is C17H37NO. The van der Waals surface area contributed by atoms with Crippen LogP contribution in [0, 0.1) is 5.41 Å². The smallest absolute Gasteiger partial charge is 0.0471 e. The zero-order valence-corrected chi connectivity index (χ0v) is 13.9. The molecule has 0 aliphatic heterocycles. The molecule has 0 saturated carbocycles. The number of hydrogen-bond acceptors (Lipinski definition) is 2. The highest BCUT2D eigenvalue weighted by atomic mass is 16.5. The van der Waals surface area contributed by atoms with Gasteiger partial charge in [0.1, 0.15) is 0 Å². The molecule has 0 bridgehead atoms. The molecule has 0 spiro atoms. The molecule has 116 valence electrons. The van der Waals surface area contributed by atoms with Crippen molar-refractivity contribution in [2.24, 2.45) is 5.41 Å². The van der Waals surface area contributed by atoms with Crippen molar-refractivity contribution in [1.82, 2.24) is 5.32 Å². The Morgan fingerprint density at radius 3 is 2.16 bits per heavy atom. The van der Waals surface area contributed by atoms with Crippen molar-refractivity contribution in [3.63, 3.8) is 0 Å². The van der Waals surface area contributed by atoms with Crippen LogP contribution in [0.4, 0.5) is 0 Å². The third-order valence-electron chi connectivity index (χ3n) is 4.16. The molecule has 0 heterocycles. The van der Waals surface area contributed by atoms with Gasteiger partial charge in [-0.2, -0.15) is 0 Å². The van der Waals surface area contributed by atoms with Gasteiger partial charge in [0.15, 0.2) is 0 Å². The lowest BCUT2D eigenvalue weighted by Gasteiger charge is -2.33. The number of rotatable bonds is 14. The zero-order chi connectivity index (χ0) is 14.4. The van der Waals surface area contributed by atoms with Gasteiger partial charge in [-0.15, -0.1) is 0 Å². The summed E-state index contributed by atoms with van der Waals surface area (Å²) in [5, 5.41) is 3.63. The fraction of sp³-hybridized carbons (Fsp3) is 1.00. The summed E-state index contributed by atoms with van der Waals surface area (Å²) in [7, 11) is 0. The summed E-state index contributed by atoms with van der Waals surface area (Å²) in [5.41, 5.74) is 0.456. The minimum absolute atomic E-state index is 0.456. The maximum absolute atomic E-state index is 5.79. The van der Waals surface area contributed by atoms with Crippen LogP contribution in [0.1, 0.15) is 79.1 Å². The van der Waals surface area contributed by atoms with Gasteiger partial charge < -0.3 is 10.1 Å². The fourth-order valence-corrected chi connectivity index (χ4v) is 2.50.